The van der Waals surface area contributed by atoms with Crippen LogP contribution in [0.2, 0.25) is 0 Å². The summed E-state index contributed by atoms with van der Waals surface area (Å²) in [5, 5.41) is 2.46. The summed E-state index contributed by atoms with van der Waals surface area (Å²) >= 11 is 9.27. The second-order valence-corrected chi connectivity index (χ2v) is 4.05. The minimum atomic E-state index is 0.572. The third kappa shape index (κ3) is 1.72. The quantitative estimate of drug-likeness (QED) is 0.665. The predicted octanol–water partition coefficient (Wildman–Crippen LogP) is 4.34. The molecule has 2 rings (SSSR count). The molecular formula is C11H8BrCl. The van der Waals surface area contributed by atoms with Gasteiger partial charge in [0.25, 0.3) is 0 Å². The standard InChI is InChI=1S/C11H8BrCl/c12-11-3-1-2-9-6-8(7-13)4-5-10(9)11/h1-6H,7H2. The topological polar surface area (TPSA) is 0 Å². The van der Waals surface area contributed by atoms with E-state index < -0.39 is 0 Å². The van der Waals surface area contributed by atoms with Crippen molar-refractivity contribution in [2.75, 3.05) is 0 Å². The maximum Gasteiger partial charge on any atom is 0.0474 e. The van der Waals surface area contributed by atoms with Gasteiger partial charge in [0.15, 0.2) is 0 Å². The van der Waals surface area contributed by atoms with E-state index >= 15 is 0 Å². The second kappa shape index (κ2) is 3.69. The van der Waals surface area contributed by atoms with Gasteiger partial charge in [-0.25, -0.2) is 0 Å². The summed E-state index contributed by atoms with van der Waals surface area (Å²) in [7, 11) is 0. The molecule has 0 aliphatic rings. The van der Waals surface area contributed by atoms with Crippen molar-refractivity contribution in [3.63, 3.8) is 0 Å². The Morgan fingerprint density at radius 3 is 2.77 bits per heavy atom. The summed E-state index contributed by atoms with van der Waals surface area (Å²) in [6.45, 7) is 0. The highest BCUT2D eigenvalue weighted by Gasteiger charge is 1.98. The Balaban J connectivity index is 2.72. The van der Waals surface area contributed by atoms with Crippen LogP contribution < -0.4 is 0 Å². The molecule has 2 aromatic carbocycles. The molecule has 0 aliphatic heterocycles. The maximum atomic E-state index is 5.76. The zero-order valence-electron chi connectivity index (χ0n) is 6.93. The summed E-state index contributed by atoms with van der Waals surface area (Å²) in [5.74, 6) is 0.572. The van der Waals surface area contributed by atoms with E-state index in [4.69, 9.17) is 11.6 Å². The summed E-state index contributed by atoms with van der Waals surface area (Å²) < 4.78 is 1.13. The van der Waals surface area contributed by atoms with Crippen molar-refractivity contribution < 1.29 is 0 Å². The lowest BCUT2D eigenvalue weighted by Gasteiger charge is -2.01. The Morgan fingerprint density at radius 2 is 2.00 bits per heavy atom. The second-order valence-electron chi connectivity index (χ2n) is 2.93. The van der Waals surface area contributed by atoms with E-state index in [0.717, 1.165) is 10.0 Å². The third-order valence-electron chi connectivity index (χ3n) is 2.05. The van der Waals surface area contributed by atoms with Crippen molar-refractivity contribution in [3.8, 4) is 0 Å². The van der Waals surface area contributed by atoms with E-state index in [1.54, 1.807) is 0 Å². The molecule has 0 spiro atoms. The first-order valence-corrected chi connectivity index (χ1v) is 5.37. The molecule has 2 heteroatoms. The molecule has 0 amide bonds. The zero-order chi connectivity index (χ0) is 9.26. The summed E-state index contributed by atoms with van der Waals surface area (Å²) in [5.41, 5.74) is 1.16. The van der Waals surface area contributed by atoms with Crippen molar-refractivity contribution in [1.82, 2.24) is 0 Å². The highest BCUT2D eigenvalue weighted by atomic mass is 79.9. The van der Waals surface area contributed by atoms with Gasteiger partial charge in [0.05, 0.1) is 0 Å². The van der Waals surface area contributed by atoms with Gasteiger partial charge in [-0.2, -0.15) is 0 Å². The van der Waals surface area contributed by atoms with E-state index in [1.165, 1.54) is 10.8 Å². The van der Waals surface area contributed by atoms with Crippen molar-refractivity contribution in [3.05, 3.63) is 46.4 Å². The number of benzene rings is 2. The van der Waals surface area contributed by atoms with E-state index in [2.05, 4.69) is 40.2 Å². The van der Waals surface area contributed by atoms with E-state index in [1.807, 2.05) is 12.1 Å². The summed E-state index contributed by atoms with van der Waals surface area (Å²) in [6.07, 6.45) is 0. The predicted molar refractivity (Wildman–Crippen MR) is 61.2 cm³/mol. The highest BCUT2D eigenvalue weighted by Crippen LogP contribution is 2.24. The average molecular weight is 256 g/mol. The molecule has 13 heavy (non-hydrogen) atoms. The fourth-order valence-electron chi connectivity index (χ4n) is 1.38. The monoisotopic (exact) mass is 254 g/mol. The molecule has 0 aliphatic carbocycles. The Kier molecular flexibility index (Phi) is 2.56. The Morgan fingerprint density at radius 1 is 1.15 bits per heavy atom. The molecule has 0 saturated heterocycles. The molecule has 0 aromatic heterocycles. The van der Waals surface area contributed by atoms with Crippen molar-refractivity contribution in [2.45, 2.75) is 5.88 Å². The number of alkyl halides is 1. The molecule has 0 radical (unpaired) electrons. The Labute approximate surface area is 90.6 Å². The van der Waals surface area contributed by atoms with Gasteiger partial charge in [0, 0.05) is 10.4 Å². The number of hydrogen-bond acceptors (Lipinski definition) is 0. The molecule has 2 aromatic rings. The van der Waals surface area contributed by atoms with Crippen LogP contribution in [0.4, 0.5) is 0 Å². The first-order valence-electron chi connectivity index (χ1n) is 4.04. The van der Waals surface area contributed by atoms with Gasteiger partial charge in [-0.3, -0.25) is 0 Å². The van der Waals surface area contributed by atoms with Crippen molar-refractivity contribution in [1.29, 1.82) is 0 Å². The zero-order valence-corrected chi connectivity index (χ0v) is 9.27. The largest absolute Gasteiger partial charge is 0.122 e. The van der Waals surface area contributed by atoms with Crippen molar-refractivity contribution >= 4 is 38.3 Å². The number of halogens is 2. The molecule has 0 heterocycles. The van der Waals surface area contributed by atoms with Crippen LogP contribution in [-0.2, 0) is 5.88 Å². The first kappa shape index (κ1) is 9.04. The minimum Gasteiger partial charge on any atom is -0.122 e. The number of rotatable bonds is 1. The van der Waals surface area contributed by atoms with Crippen LogP contribution in [0.15, 0.2) is 40.9 Å². The molecule has 0 nitrogen and oxygen atoms in total. The SMILES string of the molecule is ClCc1ccc2c(Br)cccc2c1. The van der Waals surface area contributed by atoms with Crippen LogP contribution >= 0.6 is 27.5 Å². The van der Waals surface area contributed by atoms with Gasteiger partial charge in [0.2, 0.25) is 0 Å². The van der Waals surface area contributed by atoms with Gasteiger partial charge in [-0.05, 0) is 28.5 Å². The van der Waals surface area contributed by atoms with Gasteiger partial charge in [0.1, 0.15) is 0 Å². The lowest BCUT2D eigenvalue weighted by molar-refractivity contribution is 1.43. The smallest absolute Gasteiger partial charge is 0.0474 e. The lowest BCUT2D eigenvalue weighted by atomic mass is 10.1. The molecule has 0 unspecified atom stereocenters. The van der Waals surface area contributed by atoms with Crippen molar-refractivity contribution in [2.24, 2.45) is 0 Å². The molecule has 0 atom stereocenters. The van der Waals surface area contributed by atoms with Crippen LogP contribution in [0.3, 0.4) is 0 Å². The highest BCUT2D eigenvalue weighted by molar-refractivity contribution is 9.10. The van der Waals surface area contributed by atoms with E-state index in [9.17, 15) is 0 Å². The fourth-order valence-corrected chi connectivity index (χ4v) is 2.06. The number of fused-ring (bicyclic) bond motifs is 1. The summed E-state index contributed by atoms with van der Waals surface area (Å²) in [4.78, 5) is 0. The Hall–Kier alpha value is -0.530. The first-order chi connectivity index (χ1) is 6.31. The molecule has 0 saturated carbocycles. The van der Waals surface area contributed by atoms with Gasteiger partial charge in [-0.1, -0.05) is 40.2 Å². The molecule has 0 N–H and O–H groups in total. The fraction of sp³-hybridized carbons (Fsp3) is 0.0909. The van der Waals surface area contributed by atoms with Crippen LogP contribution in [0, 0.1) is 0 Å². The van der Waals surface area contributed by atoms with Gasteiger partial charge < -0.3 is 0 Å². The minimum absolute atomic E-state index is 0.572. The van der Waals surface area contributed by atoms with Crippen LogP contribution in [-0.4, -0.2) is 0 Å². The van der Waals surface area contributed by atoms with Crippen LogP contribution in [0.25, 0.3) is 10.8 Å². The van der Waals surface area contributed by atoms with Gasteiger partial charge in [-0.15, -0.1) is 11.6 Å². The van der Waals surface area contributed by atoms with E-state index in [0.29, 0.717) is 5.88 Å². The number of hydrogen-bond donors (Lipinski definition) is 0. The van der Waals surface area contributed by atoms with E-state index in [-0.39, 0.29) is 0 Å². The maximum absolute atomic E-state index is 5.76. The summed E-state index contributed by atoms with van der Waals surface area (Å²) in [6, 6.07) is 12.4. The van der Waals surface area contributed by atoms with Crippen LogP contribution in [0.5, 0.6) is 0 Å². The Bertz CT molecular complexity index is 437. The van der Waals surface area contributed by atoms with Crippen LogP contribution in [0.1, 0.15) is 5.56 Å². The normalized spacial score (nSPS) is 10.6. The molecule has 0 bridgehead atoms. The lowest BCUT2D eigenvalue weighted by Crippen LogP contribution is -1.79. The molecule has 0 fully saturated rings. The third-order valence-corrected chi connectivity index (χ3v) is 3.05. The molecule has 66 valence electrons. The van der Waals surface area contributed by atoms with Gasteiger partial charge >= 0.3 is 0 Å². The average Bonchev–Trinajstić information content (AvgIpc) is 2.18. The molecular weight excluding hydrogens is 247 g/mol.